The van der Waals surface area contributed by atoms with Crippen molar-refractivity contribution in [2.24, 2.45) is 0 Å². The third kappa shape index (κ3) is 4.40. The lowest BCUT2D eigenvalue weighted by atomic mass is 10.2. The summed E-state index contributed by atoms with van der Waals surface area (Å²) in [7, 11) is 0. The van der Waals surface area contributed by atoms with Gasteiger partial charge in [-0.2, -0.15) is 5.10 Å². The number of nitrogens with one attached hydrogen (secondary N) is 1. The average molecular weight is 400 g/mol. The maximum Gasteiger partial charge on any atom is 0.278 e. The number of carbonyl (C=O) groups is 2. The van der Waals surface area contributed by atoms with Gasteiger partial charge in [-0.25, -0.2) is 13.5 Å². The number of aromatic hydroxyl groups is 1. The molecule has 0 saturated heterocycles. The first-order valence-corrected chi connectivity index (χ1v) is 8.78. The van der Waals surface area contributed by atoms with Gasteiger partial charge < -0.3 is 15.3 Å². The number of para-hydroxylation sites is 2. The monoisotopic (exact) mass is 400 g/mol. The summed E-state index contributed by atoms with van der Waals surface area (Å²) in [4.78, 5) is 26.0. The van der Waals surface area contributed by atoms with Crippen molar-refractivity contribution in [2.75, 3.05) is 18.4 Å². The molecular weight excluding hydrogens is 382 g/mol. The van der Waals surface area contributed by atoms with Crippen LogP contribution in [0.3, 0.4) is 0 Å². The number of hydrogen-bond donors (Lipinski definition) is 2. The largest absolute Gasteiger partial charge is 0.504 e. The van der Waals surface area contributed by atoms with Crippen LogP contribution >= 0.6 is 0 Å². The third-order valence-electron chi connectivity index (χ3n) is 4.15. The topological polar surface area (TPSA) is 87.5 Å². The smallest absolute Gasteiger partial charge is 0.278 e. The fourth-order valence-corrected chi connectivity index (χ4v) is 2.68. The van der Waals surface area contributed by atoms with E-state index in [-0.39, 0.29) is 18.0 Å². The molecule has 2 aromatic carbocycles. The number of nitrogens with zero attached hydrogens (tertiary/aromatic N) is 3. The molecule has 0 aliphatic heterocycles. The minimum absolute atomic E-state index is 0.115. The molecule has 1 aromatic heterocycles. The van der Waals surface area contributed by atoms with Crippen LogP contribution in [0.1, 0.15) is 17.4 Å². The fraction of sp³-hybridized carbons (Fsp3) is 0.150. The Hall–Kier alpha value is -3.75. The quantitative estimate of drug-likeness (QED) is 0.666. The van der Waals surface area contributed by atoms with Crippen LogP contribution in [0.2, 0.25) is 0 Å². The summed E-state index contributed by atoms with van der Waals surface area (Å²) >= 11 is 0. The van der Waals surface area contributed by atoms with Crippen LogP contribution in [-0.2, 0) is 4.79 Å². The van der Waals surface area contributed by atoms with Crippen LogP contribution in [0.25, 0.3) is 5.69 Å². The Morgan fingerprint density at radius 2 is 1.76 bits per heavy atom. The minimum atomic E-state index is -0.924. The molecule has 0 saturated carbocycles. The highest BCUT2D eigenvalue weighted by atomic mass is 19.1. The summed E-state index contributed by atoms with van der Waals surface area (Å²) in [5.41, 5.74) is -0.185. The maximum absolute atomic E-state index is 13.7. The molecule has 0 aliphatic rings. The lowest BCUT2D eigenvalue weighted by Gasteiger charge is -2.19. The van der Waals surface area contributed by atoms with Crippen molar-refractivity contribution < 1.29 is 23.5 Å². The SMILES string of the molecule is CCN(CC(=O)Nc1c(F)cccc1F)C(=O)c1nn(-c2ccccc2)cc1O. The average Bonchev–Trinajstić information content (AvgIpc) is 3.11. The molecule has 150 valence electrons. The summed E-state index contributed by atoms with van der Waals surface area (Å²) in [5, 5.41) is 16.3. The first-order chi connectivity index (χ1) is 13.9. The normalized spacial score (nSPS) is 10.6. The molecule has 29 heavy (non-hydrogen) atoms. The Morgan fingerprint density at radius 3 is 2.38 bits per heavy atom. The first kappa shape index (κ1) is 20.0. The Balaban J connectivity index is 1.75. The Bertz CT molecular complexity index is 1020. The van der Waals surface area contributed by atoms with E-state index in [1.54, 1.807) is 31.2 Å². The zero-order chi connectivity index (χ0) is 21.0. The highest BCUT2D eigenvalue weighted by Crippen LogP contribution is 2.21. The molecule has 0 spiro atoms. The number of halogens is 2. The third-order valence-corrected chi connectivity index (χ3v) is 4.15. The van der Waals surface area contributed by atoms with E-state index in [0.29, 0.717) is 5.69 Å². The van der Waals surface area contributed by atoms with Crippen molar-refractivity contribution >= 4 is 17.5 Å². The van der Waals surface area contributed by atoms with Gasteiger partial charge in [0.2, 0.25) is 5.91 Å². The summed E-state index contributed by atoms with van der Waals surface area (Å²) < 4.78 is 28.7. The van der Waals surface area contributed by atoms with Crippen molar-refractivity contribution in [2.45, 2.75) is 6.92 Å². The number of aromatic nitrogens is 2. The van der Waals surface area contributed by atoms with Gasteiger partial charge in [0.1, 0.15) is 23.9 Å². The molecule has 0 unspecified atom stereocenters. The van der Waals surface area contributed by atoms with E-state index >= 15 is 0 Å². The van der Waals surface area contributed by atoms with Crippen molar-refractivity contribution in [3.05, 3.63) is 72.1 Å². The Kier molecular flexibility index (Phi) is 5.87. The lowest BCUT2D eigenvalue weighted by Crippen LogP contribution is -2.38. The number of carbonyl (C=O) groups excluding carboxylic acids is 2. The highest BCUT2D eigenvalue weighted by molar-refractivity contribution is 5.99. The number of hydrogen-bond acceptors (Lipinski definition) is 4. The molecule has 2 amide bonds. The molecule has 0 fully saturated rings. The van der Waals surface area contributed by atoms with Gasteiger partial charge >= 0.3 is 0 Å². The fourth-order valence-electron chi connectivity index (χ4n) is 2.68. The van der Waals surface area contributed by atoms with Gasteiger partial charge in [-0.15, -0.1) is 0 Å². The summed E-state index contributed by atoms with van der Waals surface area (Å²) in [6, 6.07) is 12.1. The standard InChI is InChI=1S/C20H18F2N4O3/c1-2-25(12-17(28)23-18-14(21)9-6-10-15(18)22)20(29)19-16(27)11-26(24-19)13-7-4-3-5-8-13/h3-11,27H,2,12H2,1H3,(H,23,28). The van der Waals surface area contributed by atoms with E-state index < -0.39 is 35.7 Å². The summed E-state index contributed by atoms with van der Waals surface area (Å²) in [6.45, 7) is 1.27. The van der Waals surface area contributed by atoms with E-state index in [1.165, 1.54) is 16.9 Å². The maximum atomic E-state index is 13.7. The highest BCUT2D eigenvalue weighted by Gasteiger charge is 2.24. The van der Waals surface area contributed by atoms with Crippen LogP contribution in [0.5, 0.6) is 5.75 Å². The molecule has 0 bridgehead atoms. The van der Waals surface area contributed by atoms with Gasteiger partial charge in [0.15, 0.2) is 11.4 Å². The number of likely N-dealkylation sites (N-methyl/N-ethyl adjacent to an activating group) is 1. The first-order valence-electron chi connectivity index (χ1n) is 8.78. The van der Waals surface area contributed by atoms with Gasteiger partial charge in [0, 0.05) is 6.54 Å². The molecule has 2 N–H and O–H groups in total. The summed E-state index contributed by atoms with van der Waals surface area (Å²) in [5.74, 6) is -3.67. The predicted molar refractivity (Wildman–Crippen MR) is 102 cm³/mol. The van der Waals surface area contributed by atoms with Gasteiger partial charge in [0.25, 0.3) is 5.91 Å². The zero-order valence-electron chi connectivity index (χ0n) is 15.5. The number of anilines is 1. The van der Waals surface area contributed by atoms with E-state index in [0.717, 1.165) is 17.0 Å². The predicted octanol–water partition coefficient (Wildman–Crippen LogP) is 2.96. The Morgan fingerprint density at radius 1 is 1.10 bits per heavy atom. The molecule has 9 heteroatoms. The Labute approximate surface area is 165 Å². The molecule has 0 aliphatic carbocycles. The lowest BCUT2D eigenvalue weighted by molar-refractivity contribution is -0.116. The van der Waals surface area contributed by atoms with Gasteiger partial charge in [-0.05, 0) is 31.2 Å². The number of benzene rings is 2. The van der Waals surface area contributed by atoms with Gasteiger partial charge in [0.05, 0.1) is 11.9 Å². The van der Waals surface area contributed by atoms with Crippen molar-refractivity contribution in [1.82, 2.24) is 14.7 Å². The molecule has 0 atom stereocenters. The van der Waals surface area contributed by atoms with Crippen LogP contribution in [-0.4, -0.2) is 44.7 Å². The van der Waals surface area contributed by atoms with E-state index in [9.17, 15) is 23.5 Å². The molecule has 3 rings (SSSR count). The second kappa shape index (κ2) is 8.51. The minimum Gasteiger partial charge on any atom is -0.504 e. The van der Waals surface area contributed by atoms with Crippen molar-refractivity contribution in [3.8, 4) is 11.4 Å². The van der Waals surface area contributed by atoms with Gasteiger partial charge in [-0.3, -0.25) is 9.59 Å². The second-order valence-corrected chi connectivity index (χ2v) is 6.11. The molecule has 7 nitrogen and oxygen atoms in total. The second-order valence-electron chi connectivity index (χ2n) is 6.11. The van der Waals surface area contributed by atoms with Crippen LogP contribution < -0.4 is 5.32 Å². The van der Waals surface area contributed by atoms with Crippen LogP contribution in [0.4, 0.5) is 14.5 Å². The molecule has 0 radical (unpaired) electrons. The van der Waals surface area contributed by atoms with Crippen molar-refractivity contribution in [3.63, 3.8) is 0 Å². The van der Waals surface area contributed by atoms with Gasteiger partial charge in [-0.1, -0.05) is 24.3 Å². The summed E-state index contributed by atoms with van der Waals surface area (Å²) in [6.07, 6.45) is 1.28. The number of rotatable bonds is 6. The van der Waals surface area contributed by atoms with Crippen LogP contribution in [0.15, 0.2) is 54.7 Å². The molecule has 1 heterocycles. The van der Waals surface area contributed by atoms with Crippen LogP contribution in [0, 0.1) is 11.6 Å². The van der Waals surface area contributed by atoms with E-state index in [2.05, 4.69) is 10.4 Å². The van der Waals surface area contributed by atoms with Crippen molar-refractivity contribution in [1.29, 1.82) is 0 Å². The number of amides is 2. The molecular formula is C20H18F2N4O3. The van der Waals surface area contributed by atoms with E-state index in [4.69, 9.17) is 0 Å². The zero-order valence-corrected chi connectivity index (χ0v) is 15.5. The molecule has 3 aromatic rings. The van der Waals surface area contributed by atoms with E-state index in [1.807, 2.05) is 6.07 Å².